The van der Waals surface area contributed by atoms with E-state index in [4.69, 9.17) is 0 Å². The van der Waals surface area contributed by atoms with Gasteiger partial charge in [0, 0.05) is 80.7 Å². The van der Waals surface area contributed by atoms with Crippen LogP contribution in [-0.2, 0) is 38.9 Å². The summed E-state index contributed by atoms with van der Waals surface area (Å²) in [4.78, 5) is 40.4. The predicted octanol–water partition coefficient (Wildman–Crippen LogP) is 4.96. The van der Waals surface area contributed by atoms with Gasteiger partial charge in [0.25, 0.3) is 0 Å². The maximum atomic E-state index is 13.9. The fourth-order valence-electron chi connectivity index (χ4n) is 6.63. The molecule has 1 atom stereocenters. The molecule has 2 aliphatic heterocycles. The molecule has 6 rings (SSSR count). The number of anilines is 6. The number of benzene rings is 2. The first-order valence-corrected chi connectivity index (χ1v) is 19.6. The van der Waals surface area contributed by atoms with Crippen molar-refractivity contribution in [3.8, 4) is 0 Å². The number of imide groups is 1. The monoisotopic (exact) mass is 780 g/mol. The lowest BCUT2D eigenvalue weighted by Crippen LogP contribution is -2.47. The Balaban J connectivity index is 1.04. The van der Waals surface area contributed by atoms with E-state index in [1.807, 2.05) is 42.5 Å². The molecule has 2 aliphatic rings. The van der Waals surface area contributed by atoms with E-state index in [9.17, 15) is 31.2 Å². The van der Waals surface area contributed by atoms with Crippen LogP contribution in [0.5, 0.6) is 0 Å². The number of carbonyl (C=O) groups is 2. The van der Waals surface area contributed by atoms with E-state index >= 15 is 0 Å². The molecule has 292 valence electrons. The topological polar surface area (TPSA) is 165 Å². The van der Waals surface area contributed by atoms with Crippen molar-refractivity contribution in [1.29, 1.82) is 0 Å². The zero-order chi connectivity index (χ0) is 39.3. The Labute approximate surface area is 317 Å². The van der Waals surface area contributed by atoms with Crippen LogP contribution in [-0.4, -0.2) is 85.6 Å². The van der Waals surface area contributed by atoms with Gasteiger partial charge in [-0.2, -0.15) is 18.2 Å². The molecule has 2 saturated heterocycles. The minimum atomic E-state index is -4.74. The molecule has 4 heterocycles. The summed E-state index contributed by atoms with van der Waals surface area (Å²) in [5.41, 5.74) is 2.84. The third kappa shape index (κ3) is 9.99. The molecule has 2 aromatic heterocycles. The number of alkyl halides is 3. The zero-order valence-corrected chi connectivity index (χ0v) is 31.4. The van der Waals surface area contributed by atoms with Gasteiger partial charge in [0.2, 0.25) is 27.8 Å². The van der Waals surface area contributed by atoms with Gasteiger partial charge in [0.1, 0.15) is 23.2 Å². The lowest BCUT2D eigenvalue weighted by molar-refractivity contribution is -0.137. The van der Waals surface area contributed by atoms with Crippen LogP contribution in [0.25, 0.3) is 0 Å². The van der Waals surface area contributed by atoms with Gasteiger partial charge >= 0.3 is 6.18 Å². The molecular weight excluding hydrogens is 738 g/mol. The fourth-order valence-corrected chi connectivity index (χ4v) is 7.11. The van der Waals surface area contributed by atoms with E-state index in [1.165, 1.54) is 13.2 Å². The van der Waals surface area contributed by atoms with Gasteiger partial charge in [0.15, 0.2) is 0 Å². The highest BCUT2D eigenvalue weighted by atomic mass is 32.2. The van der Waals surface area contributed by atoms with Crippen LogP contribution in [0.2, 0.25) is 0 Å². The van der Waals surface area contributed by atoms with E-state index in [2.05, 4.69) is 59.1 Å². The van der Waals surface area contributed by atoms with Crippen molar-refractivity contribution in [2.24, 2.45) is 0 Å². The van der Waals surface area contributed by atoms with Crippen molar-refractivity contribution in [1.82, 2.24) is 25.2 Å². The smallest absolute Gasteiger partial charge is 0.374 e. The summed E-state index contributed by atoms with van der Waals surface area (Å²) < 4.78 is 66.9. The summed E-state index contributed by atoms with van der Waals surface area (Å²) in [6.07, 6.45) is 1.05. The third-order valence-electron chi connectivity index (χ3n) is 9.72. The number of nitrogens with zero attached hydrogens (tertiary/aromatic N) is 6. The van der Waals surface area contributed by atoms with Gasteiger partial charge in [-0.1, -0.05) is 18.2 Å². The molecule has 0 saturated carbocycles. The molecular formula is C37H43F3N10O4S. The average molecular weight is 781 g/mol. The molecule has 18 heteroatoms. The minimum absolute atomic E-state index is 0.0518. The number of nitrogens with one attached hydrogen (secondary N) is 4. The number of pyridine rings is 1. The Bertz CT molecular complexity index is 2110. The van der Waals surface area contributed by atoms with Crippen molar-refractivity contribution in [3.63, 3.8) is 0 Å². The summed E-state index contributed by atoms with van der Waals surface area (Å²) in [6.45, 7) is 2.24. The molecule has 55 heavy (non-hydrogen) atoms. The Hall–Kier alpha value is -5.49. The van der Waals surface area contributed by atoms with Gasteiger partial charge < -0.3 is 20.9 Å². The van der Waals surface area contributed by atoms with Crippen LogP contribution >= 0.6 is 0 Å². The van der Waals surface area contributed by atoms with Crippen LogP contribution in [0.3, 0.4) is 0 Å². The Morgan fingerprint density at radius 2 is 1.71 bits per heavy atom. The Kier molecular flexibility index (Phi) is 11.7. The van der Waals surface area contributed by atoms with Crippen LogP contribution in [0.4, 0.5) is 47.8 Å². The number of aromatic nitrogens is 3. The molecule has 0 radical (unpaired) electrons. The minimum Gasteiger partial charge on any atom is -0.374 e. The van der Waals surface area contributed by atoms with Gasteiger partial charge in [-0.3, -0.25) is 24.1 Å². The highest BCUT2D eigenvalue weighted by Crippen LogP contribution is 2.35. The number of halogens is 3. The number of hydrogen-bond donors (Lipinski definition) is 4. The summed E-state index contributed by atoms with van der Waals surface area (Å²) in [7, 11) is -0.236. The Morgan fingerprint density at radius 1 is 0.964 bits per heavy atom. The van der Waals surface area contributed by atoms with E-state index in [-0.39, 0.29) is 30.1 Å². The van der Waals surface area contributed by atoms with Gasteiger partial charge in [0.05, 0.1) is 6.26 Å². The van der Waals surface area contributed by atoms with Crippen LogP contribution < -0.4 is 30.5 Å². The molecule has 2 amide bonds. The van der Waals surface area contributed by atoms with E-state index in [0.717, 1.165) is 60.0 Å². The highest BCUT2D eigenvalue weighted by Gasteiger charge is 2.35. The predicted molar refractivity (Wildman–Crippen MR) is 205 cm³/mol. The first-order valence-electron chi connectivity index (χ1n) is 17.7. The molecule has 4 aromatic rings. The van der Waals surface area contributed by atoms with Gasteiger partial charge in [-0.25, -0.2) is 18.4 Å². The van der Waals surface area contributed by atoms with Crippen molar-refractivity contribution < 1.29 is 31.2 Å². The van der Waals surface area contributed by atoms with Gasteiger partial charge in [-0.15, -0.1) is 0 Å². The molecule has 1 unspecified atom stereocenters. The summed E-state index contributed by atoms with van der Waals surface area (Å²) >= 11 is 0. The number of hydrogen-bond acceptors (Lipinski definition) is 12. The molecule has 14 nitrogen and oxygen atoms in total. The van der Waals surface area contributed by atoms with Crippen LogP contribution in [0, 0.1) is 0 Å². The van der Waals surface area contributed by atoms with Crippen molar-refractivity contribution in [3.05, 3.63) is 89.7 Å². The third-order valence-corrected chi connectivity index (χ3v) is 10.9. The molecule has 0 spiro atoms. The Morgan fingerprint density at radius 3 is 2.40 bits per heavy atom. The largest absolute Gasteiger partial charge is 0.421 e. The summed E-state index contributed by atoms with van der Waals surface area (Å²) in [5, 5.41) is 11.3. The number of rotatable bonds is 13. The van der Waals surface area contributed by atoms with Crippen molar-refractivity contribution >= 4 is 56.5 Å². The second-order valence-corrected chi connectivity index (χ2v) is 15.7. The second kappa shape index (κ2) is 16.5. The maximum absolute atomic E-state index is 13.9. The lowest BCUT2D eigenvalue weighted by atomic mass is 10.0. The molecule has 0 aliphatic carbocycles. The standard InChI is InChI=1S/C37H43F3N10O4S/c1-48(23-24-6-4-8-27(20-24)44-31-13-14-32(51)46-35(31)52)28-15-18-50(19-16-28)29-11-9-26(10-12-29)45-36-43-22-30(37(38,39)40)33(47-36)42-21-25-7-5-17-41-34(25)49(2)55(3,53)54/h4-12,17,20,22,28,31,44H,13-16,18-19,21,23H2,1-3H3,(H,46,51,52)(H2,42,43,45,47). The normalized spacial score (nSPS) is 16.9. The van der Waals surface area contributed by atoms with E-state index in [1.54, 1.807) is 12.1 Å². The SMILES string of the molecule is CN(Cc1cccc(NC2CCC(=O)NC2=O)c1)C1CCN(c2ccc(Nc3ncc(C(F)(F)F)c(NCc4cccnc4N(C)S(C)(=O)=O)n3)cc2)CC1. The lowest BCUT2D eigenvalue weighted by Gasteiger charge is -2.38. The number of carbonyl (C=O) groups excluding carboxylic acids is 2. The van der Waals surface area contributed by atoms with Crippen LogP contribution in [0.1, 0.15) is 42.4 Å². The summed E-state index contributed by atoms with van der Waals surface area (Å²) in [6, 6.07) is 18.6. The second-order valence-electron chi connectivity index (χ2n) is 13.7. The number of piperidine rings is 2. The maximum Gasteiger partial charge on any atom is 0.421 e. The quantitative estimate of drug-likeness (QED) is 0.135. The average Bonchev–Trinajstić information content (AvgIpc) is 3.15. The van der Waals surface area contributed by atoms with Crippen LogP contribution in [0.15, 0.2) is 73.1 Å². The van der Waals surface area contributed by atoms with E-state index < -0.39 is 33.6 Å². The molecule has 4 N–H and O–H groups in total. The number of amides is 2. The zero-order valence-electron chi connectivity index (χ0n) is 30.6. The molecule has 0 bridgehead atoms. The first kappa shape index (κ1) is 39.2. The summed E-state index contributed by atoms with van der Waals surface area (Å²) in [5.74, 6) is -0.985. The van der Waals surface area contributed by atoms with E-state index in [0.29, 0.717) is 36.3 Å². The van der Waals surface area contributed by atoms with Crippen molar-refractivity contribution in [2.75, 3.05) is 58.6 Å². The number of sulfonamides is 1. The molecule has 2 aromatic carbocycles. The highest BCUT2D eigenvalue weighted by molar-refractivity contribution is 7.92. The van der Waals surface area contributed by atoms with Crippen molar-refractivity contribution in [2.45, 2.75) is 57.0 Å². The molecule has 2 fully saturated rings. The fraction of sp³-hybridized carbons (Fsp3) is 0.378. The first-order chi connectivity index (χ1) is 26.1. The van der Waals surface area contributed by atoms with Gasteiger partial charge in [-0.05, 0) is 74.3 Å².